The van der Waals surface area contributed by atoms with Gasteiger partial charge in [-0.05, 0) is 51.4 Å². The van der Waals surface area contributed by atoms with Crippen molar-refractivity contribution in [1.29, 1.82) is 0 Å². The van der Waals surface area contributed by atoms with Crippen molar-refractivity contribution in [2.24, 2.45) is 0 Å². The van der Waals surface area contributed by atoms with Crippen LogP contribution in [0, 0.1) is 13.8 Å². The second-order valence-electron chi connectivity index (χ2n) is 5.88. The molecular weight excluding hydrogens is 244 g/mol. The summed E-state index contributed by atoms with van der Waals surface area (Å²) in [6.07, 6.45) is 2.44. The Labute approximate surface area is 125 Å². The van der Waals surface area contributed by atoms with Gasteiger partial charge in [0.15, 0.2) is 0 Å². The van der Waals surface area contributed by atoms with Crippen LogP contribution < -0.4 is 5.32 Å². The molecule has 0 bridgehead atoms. The van der Waals surface area contributed by atoms with Crippen molar-refractivity contribution in [3.63, 3.8) is 0 Å². The van der Waals surface area contributed by atoms with Gasteiger partial charge in [-0.25, -0.2) is 0 Å². The summed E-state index contributed by atoms with van der Waals surface area (Å²) >= 11 is 0. The van der Waals surface area contributed by atoms with Crippen LogP contribution in [0.5, 0.6) is 0 Å². The topological polar surface area (TPSA) is 15.3 Å². The molecule has 2 nitrogen and oxygen atoms in total. The second-order valence-corrected chi connectivity index (χ2v) is 5.88. The molecule has 0 aliphatic carbocycles. The molecule has 1 atom stereocenters. The third-order valence-corrected chi connectivity index (χ3v) is 4.29. The highest BCUT2D eigenvalue weighted by molar-refractivity contribution is 5.33. The van der Waals surface area contributed by atoms with Crippen molar-refractivity contribution in [2.75, 3.05) is 20.1 Å². The maximum Gasteiger partial charge on any atom is 0.0451 e. The van der Waals surface area contributed by atoms with Crippen molar-refractivity contribution in [2.45, 2.75) is 59.5 Å². The highest BCUT2D eigenvalue weighted by Gasteiger charge is 2.18. The number of rotatable bonds is 8. The summed E-state index contributed by atoms with van der Waals surface area (Å²) in [5, 5.41) is 3.65. The smallest absolute Gasteiger partial charge is 0.0451 e. The lowest BCUT2D eigenvalue weighted by Gasteiger charge is -2.31. The largest absolute Gasteiger partial charge is 0.309 e. The van der Waals surface area contributed by atoms with E-state index in [2.05, 4.69) is 70.1 Å². The average Bonchev–Trinajstić information content (AvgIpc) is 2.39. The van der Waals surface area contributed by atoms with E-state index in [0.717, 1.165) is 13.1 Å². The molecule has 1 unspecified atom stereocenters. The lowest BCUT2D eigenvalue weighted by Crippen LogP contribution is -2.38. The number of nitrogens with zero attached hydrogens (tertiary/aromatic N) is 1. The van der Waals surface area contributed by atoms with E-state index >= 15 is 0 Å². The lowest BCUT2D eigenvalue weighted by molar-refractivity contribution is 0.206. The lowest BCUT2D eigenvalue weighted by atomic mass is 9.98. The molecule has 0 radical (unpaired) electrons. The van der Waals surface area contributed by atoms with Gasteiger partial charge in [-0.1, -0.05) is 44.5 Å². The Bertz CT molecular complexity index is 396. The van der Waals surface area contributed by atoms with Gasteiger partial charge in [-0.3, -0.25) is 0 Å². The van der Waals surface area contributed by atoms with Gasteiger partial charge >= 0.3 is 0 Å². The fraction of sp³-hybridized carbons (Fsp3) is 0.667. The van der Waals surface area contributed by atoms with Crippen LogP contribution >= 0.6 is 0 Å². The molecule has 1 rings (SSSR count). The fourth-order valence-corrected chi connectivity index (χ4v) is 3.08. The van der Waals surface area contributed by atoms with Crippen LogP contribution in [0.3, 0.4) is 0 Å². The molecule has 0 fully saturated rings. The zero-order valence-electron chi connectivity index (χ0n) is 14.2. The quantitative estimate of drug-likeness (QED) is 0.770. The van der Waals surface area contributed by atoms with Crippen molar-refractivity contribution >= 4 is 0 Å². The number of likely N-dealkylation sites (N-methyl/N-ethyl adjacent to an activating group) is 2. The zero-order chi connectivity index (χ0) is 15.1. The molecule has 0 saturated carbocycles. The number of hydrogen-bond acceptors (Lipinski definition) is 2. The van der Waals surface area contributed by atoms with Crippen LogP contribution in [-0.2, 0) is 0 Å². The van der Waals surface area contributed by atoms with E-state index in [1.54, 1.807) is 0 Å². The van der Waals surface area contributed by atoms with E-state index in [0.29, 0.717) is 12.1 Å². The molecule has 114 valence electrons. The Morgan fingerprint density at radius 3 is 2.25 bits per heavy atom. The molecule has 0 saturated heterocycles. The molecular formula is C18H32N2. The van der Waals surface area contributed by atoms with E-state index < -0.39 is 0 Å². The van der Waals surface area contributed by atoms with E-state index in [1.165, 1.54) is 29.5 Å². The third kappa shape index (κ3) is 4.60. The van der Waals surface area contributed by atoms with Gasteiger partial charge in [-0.15, -0.1) is 0 Å². The molecule has 1 N–H and O–H groups in total. The molecule has 0 aliphatic heterocycles. The summed E-state index contributed by atoms with van der Waals surface area (Å²) in [7, 11) is 2.26. The number of nitrogens with one attached hydrogen (secondary N) is 1. The third-order valence-electron chi connectivity index (χ3n) is 4.29. The van der Waals surface area contributed by atoms with Crippen molar-refractivity contribution in [3.8, 4) is 0 Å². The summed E-state index contributed by atoms with van der Waals surface area (Å²) < 4.78 is 0. The van der Waals surface area contributed by atoms with Crippen molar-refractivity contribution < 1.29 is 0 Å². The number of benzene rings is 1. The summed E-state index contributed by atoms with van der Waals surface area (Å²) in [4.78, 5) is 2.51. The number of aryl methyl sites for hydroxylation is 2. The Balaban J connectivity index is 2.88. The minimum Gasteiger partial charge on any atom is -0.309 e. The van der Waals surface area contributed by atoms with E-state index in [-0.39, 0.29) is 0 Å². The van der Waals surface area contributed by atoms with Gasteiger partial charge in [-0.2, -0.15) is 0 Å². The van der Waals surface area contributed by atoms with Crippen molar-refractivity contribution in [3.05, 3.63) is 34.9 Å². The highest BCUT2D eigenvalue weighted by atomic mass is 15.1. The first-order valence-corrected chi connectivity index (χ1v) is 8.04. The first kappa shape index (κ1) is 17.2. The summed E-state index contributed by atoms with van der Waals surface area (Å²) in [5.74, 6) is 0. The molecule has 2 heteroatoms. The monoisotopic (exact) mass is 276 g/mol. The molecule has 1 aromatic rings. The van der Waals surface area contributed by atoms with Gasteiger partial charge in [0.2, 0.25) is 0 Å². The highest BCUT2D eigenvalue weighted by Crippen LogP contribution is 2.21. The van der Waals surface area contributed by atoms with E-state index in [9.17, 15) is 0 Å². The van der Waals surface area contributed by atoms with Crippen LogP contribution in [0.15, 0.2) is 18.2 Å². The molecule has 0 heterocycles. The fourth-order valence-electron chi connectivity index (χ4n) is 3.08. The molecule has 1 aromatic carbocycles. The minimum absolute atomic E-state index is 0.422. The molecule has 0 amide bonds. The van der Waals surface area contributed by atoms with Crippen LogP contribution in [0.4, 0.5) is 0 Å². The Morgan fingerprint density at radius 2 is 1.75 bits per heavy atom. The Hall–Kier alpha value is -0.860. The SMILES string of the molecule is CCNC(CN(C)C(CC)CC)c1ccc(C)cc1C. The second kappa shape index (κ2) is 8.43. The van der Waals surface area contributed by atoms with Crippen LogP contribution in [-0.4, -0.2) is 31.1 Å². The van der Waals surface area contributed by atoms with Gasteiger partial charge in [0.05, 0.1) is 0 Å². The molecule has 0 spiro atoms. The van der Waals surface area contributed by atoms with Crippen LogP contribution in [0.2, 0.25) is 0 Å². The summed E-state index contributed by atoms with van der Waals surface area (Å²) in [6, 6.07) is 7.91. The first-order chi connectivity index (χ1) is 9.53. The predicted octanol–water partition coefficient (Wildman–Crippen LogP) is 4.07. The van der Waals surface area contributed by atoms with Crippen LogP contribution in [0.25, 0.3) is 0 Å². The number of hydrogen-bond donors (Lipinski definition) is 1. The Morgan fingerprint density at radius 1 is 1.10 bits per heavy atom. The van der Waals surface area contributed by atoms with Gasteiger partial charge < -0.3 is 10.2 Å². The minimum atomic E-state index is 0.422. The average molecular weight is 276 g/mol. The molecule has 0 aliphatic rings. The zero-order valence-corrected chi connectivity index (χ0v) is 14.2. The summed E-state index contributed by atoms with van der Waals surface area (Å²) in [6.45, 7) is 13.2. The molecule has 0 aromatic heterocycles. The van der Waals surface area contributed by atoms with Gasteiger partial charge in [0.25, 0.3) is 0 Å². The normalized spacial score (nSPS) is 13.2. The molecule has 20 heavy (non-hydrogen) atoms. The summed E-state index contributed by atoms with van der Waals surface area (Å²) in [5.41, 5.74) is 4.18. The maximum absolute atomic E-state index is 3.65. The first-order valence-electron chi connectivity index (χ1n) is 8.04. The standard InChI is InChI=1S/C18H32N2/c1-7-16(8-2)20(6)13-18(19-9-3)17-11-10-14(4)12-15(17)5/h10-12,16,18-19H,7-9,13H2,1-6H3. The van der Waals surface area contributed by atoms with Crippen molar-refractivity contribution in [1.82, 2.24) is 10.2 Å². The van der Waals surface area contributed by atoms with E-state index in [4.69, 9.17) is 0 Å². The van der Waals surface area contributed by atoms with E-state index in [1.807, 2.05) is 0 Å². The predicted molar refractivity (Wildman–Crippen MR) is 89.3 cm³/mol. The van der Waals surface area contributed by atoms with Gasteiger partial charge in [0, 0.05) is 18.6 Å². The Kier molecular flexibility index (Phi) is 7.25. The maximum atomic E-state index is 3.65. The van der Waals surface area contributed by atoms with Crippen LogP contribution in [0.1, 0.15) is 56.3 Å². The van der Waals surface area contributed by atoms with Gasteiger partial charge in [0.1, 0.15) is 0 Å².